The van der Waals surface area contributed by atoms with Crippen LogP contribution < -0.4 is 11.4 Å². The summed E-state index contributed by atoms with van der Waals surface area (Å²) >= 11 is 0. The van der Waals surface area contributed by atoms with Crippen LogP contribution in [0.2, 0.25) is 0 Å². The van der Waals surface area contributed by atoms with E-state index >= 15 is 0 Å². The van der Waals surface area contributed by atoms with E-state index in [1.807, 2.05) is 0 Å². The Hall–Kier alpha value is -2.05. The van der Waals surface area contributed by atoms with E-state index in [4.69, 9.17) is 0 Å². The van der Waals surface area contributed by atoms with Gasteiger partial charge in [-0.1, -0.05) is 0 Å². The summed E-state index contributed by atoms with van der Waals surface area (Å²) in [5, 5.41) is 10.7. The molecule has 7 heteroatoms. The van der Waals surface area contributed by atoms with Crippen molar-refractivity contribution in [3.05, 3.63) is 38.9 Å². The number of rotatable bonds is 2. The van der Waals surface area contributed by atoms with Crippen molar-refractivity contribution in [2.24, 2.45) is 0 Å². The molecule has 0 unspecified atom stereocenters. The second-order valence-corrected chi connectivity index (χ2v) is 2.55. The monoisotopic (exact) mass is 181 g/mol. The van der Waals surface area contributed by atoms with Gasteiger partial charge in [-0.2, -0.15) is 5.10 Å². The van der Waals surface area contributed by atoms with Crippen LogP contribution in [0.3, 0.4) is 0 Å². The number of hydrogen-bond donors (Lipinski definition) is 3. The van der Waals surface area contributed by atoms with Crippen molar-refractivity contribution < 1.29 is 0 Å². The second-order valence-electron chi connectivity index (χ2n) is 2.55. The molecule has 0 fully saturated rings. The van der Waals surface area contributed by atoms with Gasteiger partial charge in [-0.15, -0.1) is 0 Å². The van der Waals surface area contributed by atoms with Crippen LogP contribution in [0.1, 0.15) is 5.56 Å². The number of H-pyrrole nitrogens is 3. The minimum absolute atomic E-state index is 0.216. The molecule has 0 aromatic carbocycles. The Balaban J connectivity index is 2.38. The molecule has 2 aromatic rings. The molecule has 3 N–H and O–H groups in total. The van der Waals surface area contributed by atoms with Crippen LogP contribution in [0.25, 0.3) is 0 Å². The maximum absolute atomic E-state index is 11.0. The van der Waals surface area contributed by atoms with Crippen molar-refractivity contribution in [2.75, 3.05) is 0 Å². The van der Waals surface area contributed by atoms with Gasteiger partial charge in [0.1, 0.15) is 0 Å². The zero-order valence-electron chi connectivity index (χ0n) is 6.57. The maximum atomic E-state index is 11.0. The summed E-state index contributed by atoms with van der Waals surface area (Å²) in [6, 6.07) is 0. The van der Waals surface area contributed by atoms with Crippen LogP contribution in [-0.4, -0.2) is 25.0 Å². The van der Waals surface area contributed by atoms with E-state index in [0.717, 1.165) is 10.1 Å². The Kier molecular flexibility index (Phi) is 1.62. The molecule has 0 spiro atoms. The van der Waals surface area contributed by atoms with Gasteiger partial charge in [0.2, 0.25) is 0 Å². The standard InChI is InChI=1S/C6H7N5O2/c12-5-9-10-6(13)11(5)3-4-1-7-8-2-4/h1-2H,3H2,(H,7,8)(H,9,12)(H,10,13). The molecule has 0 bridgehead atoms. The predicted molar refractivity (Wildman–Crippen MR) is 43.4 cm³/mol. The summed E-state index contributed by atoms with van der Waals surface area (Å²) in [5.74, 6) is 0. The highest BCUT2D eigenvalue weighted by molar-refractivity contribution is 5.02. The van der Waals surface area contributed by atoms with Crippen LogP contribution in [0.5, 0.6) is 0 Å². The summed E-state index contributed by atoms with van der Waals surface area (Å²) in [5.41, 5.74) is -0.135. The molecule has 0 radical (unpaired) electrons. The second kappa shape index (κ2) is 2.77. The van der Waals surface area contributed by atoms with Gasteiger partial charge in [0.25, 0.3) is 0 Å². The zero-order valence-corrected chi connectivity index (χ0v) is 6.57. The minimum Gasteiger partial charge on any atom is -0.285 e. The van der Waals surface area contributed by atoms with Crippen molar-refractivity contribution in [1.82, 2.24) is 25.0 Å². The Morgan fingerprint density at radius 2 is 2.00 bits per heavy atom. The summed E-state index contributed by atoms with van der Waals surface area (Å²) in [7, 11) is 0. The number of aromatic nitrogens is 5. The third-order valence-electron chi connectivity index (χ3n) is 1.66. The van der Waals surface area contributed by atoms with E-state index in [1.54, 1.807) is 12.4 Å². The fourth-order valence-corrected chi connectivity index (χ4v) is 1.02. The van der Waals surface area contributed by atoms with Crippen LogP contribution in [0.15, 0.2) is 22.0 Å². The number of nitrogens with zero attached hydrogens (tertiary/aromatic N) is 2. The highest BCUT2D eigenvalue weighted by Gasteiger charge is 2.03. The normalized spacial score (nSPS) is 10.5. The van der Waals surface area contributed by atoms with Crippen molar-refractivity contribution >= 4 is 0 Å². The van der Waals surface area contributed by atoms with Gasteiger partial charge in [-0.05, 0) is 0 Å². The first kappa shape index (κ1) is 7.59. The Morgan fingerprint density at radius 1 is 1.31 bits per heavy atom. The molecule has 0 aliphatic carbocycles. The molecule has 13 heavy (non-hydrogen) atoms. The fraction of sp³-hybridized carbons (Fsp3) is 0.167. The lowest BCUT2D eigenvalue weighted by atomic mass is 10.4. The van der Waals surface area contributed by atoms with Crippen LogP contribution >= 0.6 is 0 Å². The summed E-state index contributed by atoms with van der Waals surface area (Å²) < 4.78 is 1.05. The third kappa shape index (κ3) is 1.31. The maximum Gasteiger partial charge on any atom is 0.344 e. The molecule has 0 saturated heterocycles. The van der Waals surface area contributed by atoms with Crippen molar-refractivity contribution in [3.63, 3.8) is 0 Å². The van der Waals surface area contributed by atoms with E-state index < -0.39 is 11.4 Å². The average Bonchev–Trinajstić information content (AvgIpc) is 2.70. The molecule has 0 amide bonds. The molecule has 0 aliphatic heterocycles. The van der Waals surface area contributed by atoms with E-state index in [9.17, 15) is 9.59 Å². The molecule has 7 nitrogen and oxygen atoms in total. The van der Waals surface area contributed by atoms with Gasteiger partial charge >= 0.3 is 11.4 Å². The molecule has 0 atom stereocenters. The molecule has 2 heterocycles. The van der Waals surface area contributed by atoms with Gasteiger partial charge in [-0.3, -0.25) is 5.10 Å². The highest BCUT2D eigenvalue weighted by Crippen LogP contribution is 1.92. The predicted octanol–water partition coefficient (Wildman–Crippen LogP) is -1.36. The van der Waals surface area contributed by atoms with Crippen molar-refractivity contribution in [3.8, 4) is 0 Å². The van der Waals surface area contributed by atoms with Crippen LogP contribution in [-0.2, 0) is 6.54 Å². The van der Waals surface area contributed by atoms with Crippen molar-refractivity contribution in [1.29, 1.82) is 0 Å². The summed E-state index contributed by atoms with van der Waals surface area (Å²) in [6.45, 7) is 0.216. The number of aromatic amines is 3. The quantitative estimate of drug-likeness (QED) is 0.533. The summed E-state index contributed by atoms with van der Waals surface area (Å²) in [6.07, 6.45) is 3.18. The lowest BCUT2D eigenvalue weighted by molar-refractivity contribution is 0.734. The number of hydrogen-bond acceptors (Lipinski definition) is 3. The van der Waals surface area contributed by atoms with Crippen molar-refractivity contribution in [2.45, 2.75) is 6.54 Å². The average molecular weight is 181 g/mol. The first-order valence-electron chi connectivity index (χ1n) is 3.62. The highest BCUT2D eigenvalue weighted by atomic mass is 16.2. The smallest absolute Gasteiger partial charge is 0.285 e. The van der Waals surface area contributed by atoms with Gasteiger partial charge < -0.3 is 0 Å². The Labute approximate surface area is 71.4 Å². The van der Waals surface area contributed by atoms with E-state index in [0.29, 0.717) is 0 Å². The Morgan fingerprint density at radius 3 is 2.54 bits per heavy atom. The Bertz CT molecular complexity index is 460. The SMILES string of the molecule is O=c1[nH][nH]c(=O)n1Cc1cn[nH]c1. The fourth-order valence-electron chi connectivity index (χ4n) is 1.02. The minimum atomic E-state index is -0.453. The zero-order chi connectivity index (χ0) is 9.26. The molecular weight excluding hydrogens is 174 g/mol. The molecule has 0 aliphatic rings. The molecule has 68 valence electrons. The molecule has 2 aromatic heterocycles. The summed E-state index contributed by atoms with van der Waals surface area (Å²) in [4.78, 5) is 22.0. The van der Waals surface area contributed by atoms with Crippen LogP contribution in [0, 0.1) is 0 Å². The first-order valence-corrected chi connectivity index (χ1v) is 3.62. The van der Waals surface area contributed by atoms with Gasteiger partial charge in [0.05, 0.1) is 12.7 Å². The lowest BCUT2D eigenvalue weighted by Gasteiger charge is -1.92. The molecular formula is C6H7N5O2. The third-order valence-corrected chi connectivity index (χ3v) is 1.66. The largest absolute Gasteiger partial charge is 0.344 e. The van der Waals surface area contributed by atoms with Gasteiger partial charge in [0, 0.05) is 11.8 Å². The number of nitrogens with one attached hydrogen (secondary N) is 3. The van der Waals surface area contributed by atoms with Crippen LogP contribution in [0.4, 0.5) is 0 Å². The van der Waals surface area contributed by atoms with E-state index in [1.165, 1.54) is 0 Å². The lowest BCUT2D eigenvalue weighted by Crippen LogP contribution is -2.26. The van der Waals surface area contributed by atoms with Gasteiger partial charge in [-0.25, -0.2) is 24.4 Å². The first-order chi connectivity index (χ1) is 6.27. The molecule has 2 rings (SSSR count). The van der Waals surface area contributed by atoms with E-state index in [2.05, 4.69) is 20.4 Å². The van der Waals surface area contributed by atoms with E-state index in [-0.39, 0.29) is 6.54 Å². The molecule has 0 saturated carbocycles. The van der Waals surface area contributed by atoms with Gasteiger partial charge in [0.15, 0.2) is 0 Å². The topological polar surface area (TPSA) is 99.3 Å².